The molecule has 19 heavy (non-hydrogen) atoms. The predicted molar refractivity (Wildman–Crippen MR) is 75.3 cm³/mol. The zero-order valence-electron chi connectivity index (χ0n) is 10.4. The van der Waals surface area contributed by atoms with Gasteiger partial charge in [0.15, 0.2) is 0 Å². The van der Waals surface area contributed by atoms with E-state index in [1.165, 1.54) is 0 Å². The quantitative estimate of drug-likeness (QED) is 0.734. The lowest BCUT2D eigenvalue weighted by atomic mass is 10.4. The monoisotopic (exact) mass is 350 g/mol. The van der Waals surface area contributed by atoms with Gasteiger partial charge in [0.2, 0.25) is 0 Å². The third-order valence-corrected chi connectivity index (χ3v) is 3.79. The van der Waals surface area contributed by atoms with E-state index in [1.54, 1.807) is 23.3 Å². The van der Waals surface area contributed by atoms with Crippen molar-refractivity contribution in [2.75, 3.05) is 26.8 Å². The molecule has 1 aromatic rings. The fraction of sp³-hybridized carbons (Fsp3) is 0.455. The molecule has 0 unspecified atom stereocenters. The fourth-order valence-electron chi connectivity index (χ4n) is 1.27. The average molecular weight is 351 g/mol. The van der Waals surface area contributed by atoms with Crippen LogP contribution in [0.2, 0.25) is 0 Å². The van der Waals surface area contributed by atoms with Crippen molar-refractivity contribution in [3.8, 4) is 0 Å². The molecule has 2 N–H and O–H groups in total. The molecule has 8 heteroatoms. The summed E-state index contributed by atoms with van der Waals surface area (Å²) in [5.41, 5.74) is 0. The molecule has 1 aromatic heterocycles. The number of carboxylic acid groups (broad SMARTS) is 1. The summed E-state index contributed by atoms with van der Waals surface area (Å²) < 4.78 is 5.81. The molecule has 0 aromatic carbocycles. The van der Waals surface area contributed by atoms with E-state index < -0.39 is 5.97 Å². The Bertz CT molecular complexity index is 438. The zero-order valence-corrected chi connectivity index (χ0v) is 12.8. The smallest absolute Gasteiger partial charge is 0.329 e. The van der Waals surface area contributed by atoms with Crippen molar-refractivity contribution >= 4 is 39.3 Å². The van der Waals surface area contributed by atoms with Gasteiger partial charge >= 0.3 is 12.0 Å². The fourth-order valence-corrected chi connectivity index (χ4v) is 2.77. The van der Waals surface area contributed by atoms with E-state index in [1.807, 2.05) is 11.4 Å². The number of urea groups is 1. The molecule has 0 aliphatic carbocycles. The van der Waals surface area contributed by atoms with E-state index in [-0.39, 0.29) is 25.8 Å². The first-order valence-electron chi connectivity index (χ1n) is 5.50. The second-order valence-electron chi connectivity index (χ2n) is 3.77. The summed E-state index contributed by atoms with van der Waals surface area (Å²) in [6, 6.07) is 1.74. The van der Waals surface area contributed by atoms with Gasteiger partial charge in [-0.15, -0.1) is 11.3 Å². The van der Waals surface area contributed by atoms with Gasteiger partial charge < -0.3 is 20.1 Å². The summed E-state index contributed by atoms with van der Waals surface area (Å²) >= 11 is 4.93. The minimum absolute atomic E-state index is 0.177. The molecule has 1 heterocycles. The molecule has 0 aliphatic rings. The van der Waals surface area contributed by atoms with Crippen molar-refractivity contribution in [2.45, 2.75) is 6.54 Å². The Hall–Kier alpha value is -1.12. The minimum atomic E-state index is -1.02. The number of carbonyl (C=O) groups is 2. The summed E-state index contributed by atoms with van der Waals surface area (Å²) in [4.78, 5) is 24.5. The highest BCUT2D eigenvalue weighted by Gasteiger charge is 2.09. The van der Waals surface area contributed by atoms with Gasteiger partial charge in [0.05, 0.1) is 13.2 Å². The Kier molecular flexibility index (Phi) is 6.82. The molecule has 0 fully saturated rings. The number of carbonyl (C=O) groups excluding carboxylic acids is 1. The molecule has 0 spiro atoms. The van der Waals surface area contributed by atoms with Crippen LogP contribution in [0, 0.1) is 0 Å². The highest BCUT2D eigenvalue weighted by Crippen LogP contribution is 2.20. The maximum absolute atomic E-state index is 11.7. The second kappa shape index (κ2) is 8.13. The number of hydrogen-bond acceptors (Lipinski definition) is 4. The van der Waals surface area contributed by atoms with Crippen molar-refractivity contribution in [3.05, 3.63) is 20.8 Å². The molecule has 0 saturated carbocycles. The van der Waals surface area contributed by atoms with E-state index in [9.17, 15) is 9.59 Å². The van der Waals surface area contributed by atoms with Crippen LogP contribution in [0.4, 0.5) is 4.79 Å². The van der Waals surface area contributed by atoms with Crippen LogP contribution in [0.15, 0.2) is 15.9 Å². The molecule has 0 saturated heterocycles. The Balaban J connectivity index is 2.20. The number of nitrogens with zero attached hydrogens (tertiary/aromatic N) is 1. The first-order valence-corrected chi connectivity index (χ1v) is 7.17. The number of amides is 2. The molecule has 2 amide bonds. The van der Waals surface area contributed by atoms with E-state index >= 15 is 0 Å². The first kappa shape index (κ1) is 15.9. The van der Waals surface area contributed by atoms with Crippen molar-refractivity contribution in [1.29, 1.82) is 0 Å². The number of rotatable bonds is 7. The summed E-state index contributed by atoms with van der Waals surface area (Å²) in [5.74, 6) is -1.02. The normalized spacial score (nSPS) is 10.2. The molecule has 0 aliphatic heterocycles. The largest absolute Gasteiger partial charge is 0.480 e. The Labute approximate surface area is 123 Å². The summed E-state index contributed by atoms with van der Waals surface area (Å²) in [6.07, 6.45) is 0. The molecule has 0 bridgehead atoms. The van der Waals surface area contributed by atoms with E-state index in [0.717, 1.165) is 9.35 Å². The van der Waals surface area contributed by atoms with Gasteiger partial charge in [-0.3, -0.25) is 0 Å². The third-order valence-electron chi connectivity index (χ3n) is 2.11. The number of aliphatic carboxylic acids is 1. The van der Waals surface area contributed by atoms with Gasteiger partial charge in [0.1, 0.15) is 6.61 Å². The summed E-state index contributed by atoms with van der Waals surface area (Å²) in [6.45, 7) is 0.633. The lowest BCUT2D eigenvalue weighted by molar-refractivity contribution is -0.142. The van der Waals surface area contributed by atoms with Crippen molar-refractivity contribution < 1.29 is 19.4 Å². The maximum atomic E-state index is 11.7. The number of hydrogen-bond donors (Lipinski definition) is 2. The van der Waals surface area contributed by atoms with Gasteiger partial charge in [0, 0.05) is 28.3 Å². The minimum Gasteiger partial charge on any atom is -0.480 e. The van der Waals surface area contributed by atoms with Crippen LogP contribution in [-0.4, -0.2) is 48.8 Å². The van der Waals surface area contributed by atoms with Crippen LogP contribution < -0.4 is 5.32 Å². The third kappa shape index (κ3) is 6.55. The highest BCUT2D eigenvalue weighted by atomic mass is 79.9. The van der Waals surface area contributed by atoms with Crippen LogP contribution in [0.1, 0.15) is 4.88 Å². The summed E-state index contributed by atoms with van der Waals surface area (Å²) in [5, 5.41) is 13.0. The number of halogens is 1. The SMILES string of the molecule is CN(Cc1cc(Br)cs1)C(=O)NCCOCC(=O)O. The Morgan fingerprint density at radius 1 is 1.58 bits per heavy atom. The van der Waals surface area contributed by atoms with Crippen LogP contribution in [0.3, 0.4) is 0 Å². The molecule has 0 radical (unpaired) electrons. The Morgan fingerprint density at radius 2 is 2.32 bits per heavy atom. The molecule has 1 rings (SSSR count). The maximum Gasteiger partial charge on any atom is 0.329 e. The average Bonchev–Trinajstić information content (AvgIpc) is 2.73. The second-order valence-corrected chi connectivity index (χ2v) is 5.68. The van der Waals surface area contributed by atoms with Gasteiger partial charge in [-0.1, -0.05) is 0 Å². The molecule has 6 nitrogen and oxygen atoms in total. The van der Waals surface area contributed by atoms with Gasteiger partial charge in [-0.2, -0.15) is 0 Å². The van der Waals surface area contributed by atoms with Crippen LogP contribution in [0.25, 0.3) is 0 Å². The van der Waals surface area contributed by atoms with Crippen molar-refractivity contribution in [2.24, 2.45) is 0 Å². The van der Waals surface area contributed by atoms with Gasteiger partial charge in [-0.25, -0.2) is 9.59 Å². The van der Waals surface area contributed by atoms with Crippen LogP contribution in [0.5, 0.6) is 0 Å². The van der Waals surface area contributed by atoms with Crippen molar-refractivity contribution in [3.63, 3.8) is 0 Å². The Morgan fingerprint density at radius 3 is 2.89 bits per heavy atom. The first-order chi connectivity index (χ1) is 8.99. The zero-order chi connectivity index (χ0) is 14.3. The van der Waals surface area contributed by atoms with Gasteiger partial charge in [-0.05, 0) is 22.0 Å². The topological polar surface area (TPSA) is 78.9 Å². The van der Waals surface area contributed by atoms with E-state index in [2.05, 4.69) is 21.2 Å². The van der Waals surface area contributed by atoms with E-state index in [0.29, 0.717) is 6.54 Å². The van der Waals surface area contributed by atoms with Crippen LogP contribution >= 0.6 is 27.3 Å². The standard InChI is InChI=1S/C11H15BrN2O4S/c1-14(5-9-4-8(12)7-19-9)11(17)13-2-3-18-6-10(15)16/h4,7H,2-3,5-6H2,1H3,(H,13,17)(H,15,16). The lowest BCUT2D eigenvalue weighted by Gasteiger charge is -2.16. The van der Waals surface area contributed by atoms with Gasteiger partial charge in [0.25, 0.3) is 0 Å². The molecule has 106 valence electrons. The van der Waals surface area contributed by atoms with Crippen molar-refractivity contribution in [1.82, 2.24) is 10.2 Å². The molecule has 0 atom stereocenters. The number of nitrogens with one attached hydrogen (secondary N) is 1. The molecular formula is C11H15BrN2O4S. The predicted octanol–water partition coefficient (Wildman–Crippen LogP) is 1.75. The number of thiophene rings is 1. The highest BCUT2D eigenvalue weighted by molar-refractivity contribution is 9.10. The number of ether oxygens (including phenoxy) is 1. The van der Waals surface area contributed by atoms with Crippen LogP contribution in [-0.2, 0) is 16.1 Å². The lowest BCUT2D eigenvalue weighted by Crippen LogP contribution is -2.38. The summed E-state index contributed by atoms with van der Waals surface area (Å²) in [7, 11) is 1.70. The molecular weight excluding hydrogens is 336 g/mol. The number of carboxylic acids is 1. The van der Waals surface area contributed by atoms with E-state index in [4.69, 9.17) is 9.84 Å².